The second kappa shape index (κ2) is 2.69. The Hall–Kier alpha value is -1.20. The summed E-state index contributed by atoms with van der Waals surface area (Å²) >= 11 is 5.79. The first-order valence-corrected chi connectivity index (χ1v) is 4.12. The summed E-state index contributed by atoms with van der Waals surface area (Å²) < 4.78 is 0. The van der Waals surface area contributed by atoms with Gasteiger partial charge in [-0.2, -0.15) is 5.26 Å². The number of nitrogens with one attached hydrogen (secondary N) is 1. The van der Waals surface area contributed by atoms with Crippen molar-refractivity contribution in [1.29, 1.82) is 5.26 Å². The van der Waals surface area contributed by atoms with E-state index in [1.54, 1.807) is 0 Å². The average molecular weight is 179 g/mol. The summed E-state index contributed by atoms with van der Waals surface area (Å²) in [6, 6.07) is 7.81. The lowest BCUT2D eigenvalue weighted by Crippen LogP contribution is -1.97. The summed E-state index contributed by atoms with van der Waals surface area (Å²) in [6.07, 6.45) is 0. The summed E-state index contributed by atoms with van der Waals surface area (Å²) in [4.78, 5) is 0. The number of benzene rings is 1. The summed E-state index contributed by atoms with van der Waals surface area (Å²) in [5.41, 5.74) is 2.05. The lowest BCUT2D eigenvalue weighted by Gasteiger charge is -1.99. The fourth-order valence-electron chi connectivity index (χ4n) is 1.42. The number of nitrogens with zero attached hydrogens (tertiary/aromatic N) is 1. The van der Waals surface area contributed by atoms with Gasteiger partial charge in [0.2, 0.25) is 0 Å². The van der Waals surface area contributed by atoms with Crippen molar-refractivity contribution < 1.29 is 0 Å². The highest BCUT2D eigenvalue weighted by atomic mass is 35.5. The van der Waals surface area contributed by atoms with Gasteiger partial charge in [0.15, 0.2) is 0 Å². The molecule has 2 nitrogen and oxygen atoms in total. The third-order valence-electron chi connectivity index (χ3n) is 2.04. The Balaban J connectivity index is 2.49. The van der Waals surface area contributed by atoms with E-state index in [0.29, 0.717) is 11.6 Å². The van der Waals surface area contributed by atoms with Gasteiger partial charge in [0, 0.05) is 17.3 Å². The standard InChI is InChI=1S/C9H7ClN2/c10-7-1-2-8-6(4-11)5-12-9(8)3-7/h1-3,6,12H,5H2. The molecule has 0 spiro atoms. The summed E-state index contributed by atoms with van der Waals surface area (Å²) in [5.74, 6) is -0.0164. The molecule has 1 aliphatic heterocycles. The van der Waals surface area contributed by atoms with Gasteiger partial charge in [0.1, 0.15) is 0 Å². The molecule has 60 valence electrons. The van der Waals surface area contributed by atoms with Gasteiger partial charge in [-0.05, 0) is 17.7 Å². The van der Waals surface area contributed by atoms with Crippen molar-refractivity contribution in [2.45, 2.75) is 5.92 Å². The molecule has 0 fully saturated rings. The number of hydrogen-bond donors (Lipinski definition) is 1. The van der Waals surface area contributed by atoms with E-state index in [4.69, 9.17) is 16.9 Å². The van der Waals surface area contributed by atoms with Gasteiger partial charge in [0.25, 0.3) is 0 Å². The highest BCUT2D eigenvalue weighted by Crippen LogP contribution is 2.32. The Labute approximate surface area is 75.8 Å². The van der Waals surface area contributed by atoms with Gasteiger partial charge < -0.3 is 5.32 Å². The number of anilines is 1. The maximum Gasteiger partial charge on any atom is 0.0904 e. The Morgan fingerprint density at radius 2 is 2.42 bits per heavy atom. The second-order valence-corrected chi connectivity index (χ2v) is 3.23. The molecule has 0 radical (unpaired) electrons. The van der Waals surface area contributed by atoms with Crippen LogP contribution in [0.3, 0.4) is 0 Å². The van der Waals surface area contributed by atoms with Crippen LogP contribution in [-0.2, 0) is 0 Å². The molecule has 1 atom stereocenters. The smallest absolute Gasteiger partial charge is 0.0904 e. The predicted molar refractivity (Wildman–Crippen MR) is 48.3 cm³/mol. The minimum atomic E-state index is -0.0164. The molecule has 0 amide bonds. The lowest BCUT2D eigenvalue weighted by atomic mass is 10.0. The number of hydrogen-bond acceptors (Lipinski definition) is 2. The van der Waals surface area contributed by atoms with Crippen molar-refractivity contribution in [3.63, 3.8) is 0 Å². The van der Waals surface area contributed by atoms with Crippen LogP contribution >= 0.6 is 11.6 Å². The third kappa shape index (κ3) is 1.03. The molecule has 1 heterocycles. The van der Waals surface area contributed by atoms with E-state index < -0.39 is 0 Å². The quantitative estimate of drug-likeness (QED) is 0.662. The SMILES string of the molecule is N#CC1CNc2cc(Cl)ccc21. The molecule has 0 saturated heterocycles. The van der Waals surface area contributed by atoms with Crippen LogP contribution in [0.4, 0.5) is 5.69 Å². The van der Waals surface area contributed by atoms with Crippen LogP contribution in [0.5, 0.6) is 0 Å². The van der Waals surface area contributed by atoms with E-state index in [1.807, 2.05) is 18.2 Å². The minimum absolute atomic E-state index is 0.0164. The average Bonchev–Trinajstić information content (AvgIpc) is 2.46. The van der Waals surface area contributed by atoms with Crippen LogP contribution in [-0.4, -0.2) is 6.54 Å². The monoisotopic (exact) mass is 178 g/mol. The van der Waals surface area contributed by atoms with E-state index in [1.165, 1.54) is 0 Å². The van der Waals surface area contributed by atoms with Gasteiger partial charge in [-0.1, -0.05) is 17.7 Å². The summed E-state index contributed by atoms with van der Waals surface area (Å²) in [6.45, 7) is 0.701. The molecule has 1 aliphatic rings. The third-order valence-corrected chi connectivity index (χ3v) is 2.28. The number of fused-ring (bicyclic) bond motifs is 1. The van der Waals surface area contributed by atoms with Crippen molar-refractivity contribution in [3.8, 4) is 6.07 Å². The molecule has 1 N–H and O–H groups in total. The van der Waals surface area contributed by atoms with E-state index in [2.05, 4.69) is 11.4 Å². The Kier molecular flexibility index (Phi) is 1.67. The zero-order valence-electron chi connectivity index (χ0n) is 6.34. The molecule has 0 aromatic heterocycles. The Morgan fingerprint density at radius 1 is 1.58 bits per heavy atom. The zero-order chi connectivity index (χ0) is 8.55. The van der Waals surface area contributed by atoms with E-state index in [0.717, 1.165) is 11.3 Å². The van der Waals surface area contributed by atoms with Gasteiger partial charge in [-0.25, -0.2) is 0 Å². The highest BCUT2D eigenvalue weighted by molar-refractivity contribution is 6.30. The first-order valence-electron chi connectivity index (χ1n) is 3.74. The van der Waals surface area contributed by atoms with Crippen LogP contribution in [0.2, 0.25) is 5.02 Å². The molecular formula is C9H7ClN2. The van der Waals surface area contributed by atoms with Gasteiger partial charge in [0.05, 0.1) is 12.0 Å². The molecule has 0 bridgehead atoms. The maximum absolute atomic E-state index is 8.76. The van der Waals surface area contributed by atoms with Gasteiger partial charge in [-0.3, -0.25) is 0 Å². The van der Waals surface area contributed by atoms with Gasteiger partial charge in [-0.15, -0.1) is 0 Å². The van der Waals surface area contributed by atoms with E-state index >= 15 is 0 Å². The lowest BCUT2D eigenvalue weighted by molar-refractivity contribution is 0.963. The largest absolute Gasteiger partial charge is 0.383 e. The summed E-state index contributed by atoms with van der Waals surface area (Å²) in [7, 11) is 0. The maximum atomic E-state index is 8.76. The van der Waals surface area contributed by atoms with Crippen LogP contribution in [0.25, 0.3) is 0 Å². The highest BCUT2D eigenvalue weighted by Gasteiger charge is 2.21. The molecule has 0 aliphatic carbocycles. The van der Waals surface area contributed by atoms with Crippen molar-refractivity contribution >= 4 is 17.3 Å². The molecule has 12 heavy (non-hydrogen) atoms. The zero-order valence-corrected chi connectivity index (χ0v) is 7.10. The van der Waals surface area contributed by atoms with Crippen LogP contribution in [0.15, 0.2) is 18.2 Å². The Morgan fingerprint density at radius 3 is 3.17 bits per heavy atom. The number of rotatable bonds is 0. The molecule has 0 saturated carbocycles. The Bertz CT molecular complexity index is 354. The van der Waals surface area contributed by atoms with Gasteiger partial charge >= 0.3 is 0 Å². The normalized spacial score (nSPS) is 19.5. The first-order chi connectivity index (χ1) is 5.81. The van der Waals surface area contributed by atoms with E-state index in [9.17, 15) is 0 Å². The first kappa shape index (κ1) is 7.45. The summed E-state index contributed by atoms with van der Waals surface area (Å²) in [5, 5.41) is 12.6. The molecule has 2 rings (SSSR count). The van der Waals surface area contributed by atoms with E-state index in [-0.39, 0.29) is 5.92 Å². The second-order valence-electron chi connectivity index (χ2n) is 2.79. The molecule has 1 aromatic carbocycles. The topological polar surface area (TPSA) is 35.8 Å². The van der Waals surface area contributed by atoms with Crippen LogP contribution in [0.1, 0.15) is 11.5 Å². The number of nitriles is 1. The fourth-order valence-corrected chi connectivity index (χ4v) is 1.59. The van der Waals surface area contributed by atoms with Crippen molar-refractivity contribution in [1.82, 2.24) is 0 Å². The number of halogens is 1. The molecule has 1 aromatic rings. The fraction of sp³-hybridized carbons (Fsp3) is 0.222. The van der Waals surface area contributed by atoms with Crippen molar-refractivity contribution in [3.05, 3.63) is 28.8 Å². The predicted octanol–water partition coefficient (Wildman–Crippen LogP) is 2.37. The van der Waals surface area contributed by atoms with Crippen molar-refractivity contribution in [2.24, 2.45) is 0 Å². The molecule has 1 unspecified atom stereocenters. The minimum Gasteiger partial charge on any atom is -0.383 e. The molecule has 3 heteroatoms. The van der Waals surface area contributed by atoms with Crippen LogP contribution in [0, 0.1) is 11.3 Å². The van der Waals surface area contributed by atoms with Crippen molar-refractivity contribution in [2.75, 3.05) is 11.9 Å². The molecular weight excluding hydrogens is 172 g/mol. The van der Waals surface area contributed by atoms with Crippen LogP contribution < -0.4 is 5.32 Å².